The SMILES string of the molecule is CCC(CC)[C@@H]1C[C@H](c2ccccc2)CCN1C(=O)[C@@H]1C[NH2+]C[C@]12CN(C(=O)OC)Cc1[nH+]c([NH+](C)C)sc12. The second-order valence-electron chi connectivity index (χ2n) is 11.9. The number of ether oxygens (including phenoxy) is 1. The highest BCUT2D eigenvalue weighted by molar-refractivity contribution is 7.14. The molecule has 5 rings (SSSR count). The lowest BCUT2D eigenvalue weighted by molar-refractivity contribution is -0.823. The number of nitrogens with two attached hydrogens (primary N) is 1. The highest BCUT2D eigenvalue weighted by atomic mass is 32.1. The number of carbonyl (C=O) groups excluding carboxylic acids is 2. The van der Waals surface area contributed by atoms with Crippen molar-refractivity contribution >= 4 is 28.5 Å². The second-order valence-corrected chi connectivity index (χ2v) is 13.0. The number of aromatic nitrogens is 1. The summed E-state index contributed by atoms with van der Waals surface area (Å²) in [4.78, 5) is 37.6. The minimum absolute atomic E-state index is 0.175. The van der Waals surface area contributed by atoms with Crippen molar-refractivity contribution < 1.29 is 29.5 Å². The Kier molecular flexibility index (Phi) is 8.31. The molecule has 2 saturated heterocycles. The van der Waals surface area contributed by atoms with Crippen molar-refractivity contribution in [1.29, 1.82) is 0 Å². The van der Waals surface area contributed by atoms with Gasteiger partial charge < -0.3 is 15.0 Å². The third-order valence-electron chi connectivity index (χ3n) is 9.57. The average molecular weight is 557 g/mol. The third-order valence-corrected chi connectivity index (χ3v) is 11.1. The Morgan fingerprint density at radius 1 is 1.23 bits per heavy atom. The molecule has 2 aromatic rings. The molecule has 8 nitrogen and oxygen atoms in total. The van der Waals surface area contributed by atoms with Gasteiger partial charge in [-0.1, -0.05) is 57.0 Å². The molecule has 0 aliphatic carbocycles. The molecule has 1 aromatic carbocycles. The predicted octanol–water partition coefficient (Wildman–Crippen LogP) is 1.56. The molecule has 3 aliphatic heterocycles. The highest BCUT2D eigenvalue weighted by Gasteiger charge is 2.60. The number of hydrogen-bond acceptors (Lipinski definition) is 4. The number of methoxy groups -OCH3 is 1. The van der Waals surface area contributed by atoms with Crippen LogP contribution in [-0.2, 0) is 21.5 Å². The molecule has 0 saturated carbocycles. The lowest BCUT2D eigenvalue weighted by Gasteiger charge is -2.46. The molecule has 4 N–H and O–H groups in total. The van der Waals surface area contributed by atoms with Crippen molar-refractivity contribution in [2.45, 2.75) is 63.5 Å². The van der Waals surface area contributed by atoms with Crippen LogP contribution >= 0.6 is 11.3 Å². The zero-order valence-electron chi connectivity index (χ0n) is 24.2. The summed E-state index contributed by atoms with van der Waals surface area (Å²) < 4.78 is 5.17. The maximum Gasteiger partial charge on any atom is 0.426 e. The number of carbonyl (C=O) groups is 2. The van der Waals surface area contributed by atoms with Gasteiger partial charge in [0.05, 0.1) is 39.7 Å². The summed E-state index contributed by atoms with van der Waals surface area (Å²) in [6, 6.07) is 11.1. The summed E-state index contributed by atoms with van der Waals surface area (Å²) in [5.41, 5.74) is 2.03. The Bertz CT molecular complexity index is 1170. The van der Waals surface area contributed by atoms with Crippen molar-refractivity contribution in [1.82, 2.24) is 9.80 Å². The monoisotopic (exact) mass is 556 g/mol. The van der Waals surface area contributed by atoms with Gasteiger partial charge >= 0.3 is 11.2 Å². The van der Waals surface area contributed by atoms with Crippen LogP contribution in [0.25, 0.3) is 0 Å². The van der Waals surface area contributed by atoms with Gasteiger partial charge in [0.2, 0.25) is 11.6 Å². The second kappa shape index (κ2) is 11.6. The average Bonchev–Trinajstić information content (AvgIpc) is 3.59. The normalized spacial score (nSPS) is 26.9. The molecule has 2 amide bonds. The molecule has 39 heavy (non-hydrogen) atoms. The largest absolute Gasteiger partial charge is 0.453 e. The van der Waals surface area contributed by atoms with Crippen LogP contribution in [0.4, 0.5) is 9.93 Å². The summed E-state index contributed by atoms with van der Waals surface area (Å²) in [6.07, 6.45) is 3.84. The molecule has 4 heterocycles. The summed E-state index contributed by atoms with van der Waals surface area (Å²) in [7, 11) is 5.66. The number of thiazole rings is 1. The number of H-pyrrole nitrogens is 1. The molecule has 0 radical (unpaired) electrons. The Labute approximate surface area is 236 Å². The van der Waals surface area contributed by atoms with Crippen LogP contribution in [0.5, 0.6) is 0 Å². The number of benzene rings is 1. The number of fused-ring (bicyclic) bond motifs is 2. The molecule has 9 heteroatoms. The number of nitrogens with zero attached hydrogens (tertiary/aromatic N) is 2. The van der Waals surface area contributed by atoms with Crippen molar-refractivity contribution in [2.24, 2.45) is 11.8 Å². The lowest BCUT2D eigenvalue weighted by atomic mass is 9.72. The van der Waals surface area contributed by atoms with E-state index in [1.807, 2.05) is 0 Å². The predicted molar refractivity (Wildman–Crippen MR) is 151 cm³/mol. The number of nitrogens with one attached hydrogen (secondary N) is 2. The van der Waals surface area contributed by atoms with Crippen LogP contribution in [0.2, 0.25) is 0 Å². The van der Waals surface area contributed by atoms with Crippen molar-refractivity contribution in [3.63, 3.8) is 0 Å². The van der Waals surface area contributed by atoms with E-state index < -0.39 is 5.41 Å². The number of quaternary nitrogens is 2. The Morgan fingerprint density at radius 3 is 2.64 bits per heavy atom. The van der Waals surface area contributed by atoms with E-state index in [0.29, 0.717) is 24.9 Å². The first kappa shape index (κ1) is 28.1. The van der Waals surface area contributed by atoms with E-state index in [2.05, 4.69) is 73.5 Å². The molecular formula is C30H46N5O3S+3. The van der Waals surface area contributed by atoms with Crippen LogP contribution in [0.15, 0.2) is 30.3 Å². The molecule has 0 unspecified atom stereocenters. The molecular weight excluding hydrogens is 510 g/mol. The molecule has 2 fully saturated rings. The van der Waals surface area contributed by atoms with E-state index in [4.69, 9.17) is 4.74 Å². The van der Waals surface area contributed by atoms with E-state index in [1.54, 1.807) is 16.2 Å². The van der Waals surface area contributed by atoms with Crippen LogP contribution in [0, 0.1) is 11.8 Å². The van der Waals surface area contributed by atoms with Crippen LogP contribution in [-0.4, -0.2) is 75.2 Å². The van der Waals surface area contributed by atoms with Crippen molar-refractivity contribution in [3.05, 3.63) is 46.5 Å². The van der Waals surface area contributed by atoms with Gasteiger partial charge in [-0.3, -0.25) is 9.69 Å². The maximum atomic E-state index is 14.7. The molecule has 1 spiro atoms. The standard InChI is InChI=1S/C30H43N5O3S/c1-6-20(7-2)25-15-22(21-11-9-8-10-12-21)13-14-35(25)27(36)23-16-31-18-30(23)19-34(29(37)38-5)17-24-26(30)39-28(32-24)33(3)4/h8-12,20,22-23,25,31H,6-7,13-19H2,1-5H3/p+3/t22-,23+,25+,30+/m1/s1. The quantitative estimate of drug-likeness (QED) is 0.567. The minimum Gasteiger partial charge on any atom is -0.453 e. The number of piperidine rings is 1. The van der Waals surface area contributed by atoms with Crippen LogP contribution in [0.3, 0.4) is 0 Å². The van der Waals surface area contributed by atoms with Crippen molar-refractivity contribution in [2.75, 3.05) is 47.4 Å². The summed E-state index contributed by atoms with van der Waals surface area (Å²) in [5.74, 6) is 1.07. The Hall–Kier alpha value is -2.49. The number of hydrogen-bond donors (Lipinski definition) is 2. The van der Waals surface area contributed by atoms with Crippen LogP contribution in [0.1, 0.15) is 61.6 Å². The maximum absolute atomic E-state index is 14.7. The number of likely N-dealkylation sites (tertiary alicyclic amines) is 1. The first-order valence-corrected chi connectivity index (χ1v) is 15.5. The fourth-order valence-corrected chi connectivity index (χ4v) is 8.77. The van der Waals surface area contributed by atoms with Gasteiger partial charge in [-0.2, -0.15) is 0 Å². The van der Waals surface area contributed by atoms with E-state index in [9.17, 15) is 9.59 Å². The molecule has 212 valence electrons. The van der Waals surface area contributed by atoms with Gasteiger partial charge in [0.15, 0.2) is 0 Å². The highest BCUT2D eigenvalue weighted by Crippen LogP contribution is 2.45. The molecule has 4 atom stereocenters. The van der Waals surface area contributed by atoms with E-state index in [-0.39, 0.29) is 24.0 Å². The zero-order valence-corrected chi connectivity index (χ0v) is 25.0. The van der Waals surface area contributed by atoms with Gasteiger partial charge in [0.1, 0.15) is 17.3 Å². The summed E-state index contributed by atoms with van der Waals surface area (Å²) >= 11 is 1.78. The zero-order chi connectivity index (χ0) is 27.7. The first-order chi connectivity index (χ1) is 18.8. The van der Waals surface area contributed by atoms with E-state index in [0.717, 1.165) is 56.1 Å². The van der Waals surface area contributed by atoms with Gasteiger partial charge in [-0.05, 0) is 41.6 Å². The van der Waals surface area contributed by atoms with Gasteiger partial charge in [-0.25, -0.2) is 9.69 Å². The molecule has 0 bridgehead atoms. The van der Waals surface area contributed by atoms with Gasteiger partial charge in [0.25, 0.3) is 0 Å². The topological polar surface area (TPSA) is 85.0 Å². The molecule has 3 aliphatic rings. The minimum atomic E-state index is -0.414. The smallest absolute Gasteiger partial charge is 0.426 e. The van der Waals surface area contributed by atoms with E-state index >= 15 is 0 Å². The van der Waals surface area contributed by atoms with Crippen molar-refractivity contribution in [3.8, 4) is 0 Å². The third kappa shape index (κ3) is 5.09. The first-order valence-electron chi connectivity index (χ1n) is 14.7. The number of amides is 2. The fourth-order valence-electron chi connectivity index (χ4n) is 7.46. The van der Waals surface area contributed by atoms with Gasteiger partial charge in [0, 0.05) is 19.1 Å². The van der Waals surface area contributed by atoms with Gasteiger partial charge in [-0.15, -0.1) is 4.98 Å². The molecule has 1 aromatic heterocycles. The lowest BCUT2D eigenvalue weighted by Crippen LogP contribution is -3.01. The summed E-state index contributed by atoms with van der Waals surface area (Å²) in [5, 5.41) is 3.42. The fraction of sp³-hybridized carbons (Fsp3) is 0.633. The van der Waals surface area contributed by atoms with Crippen LogP contribution < -0.4 is 15.2 Å². The summed E-state index contributed by atoms with van der Waals surface area (Å²) in [6.45, 7) is 7.90. The number of rotatable bonds is 6. The Balaban J connectivity index is 1.49. The van der Waals surface area contributed by atoms with E-state index in [1.165, 1.54) is 22.5 Å². The number of aromatic amines is 1. The Morgan fingerprint density at radius 2 is 1.97 bits per heavy atom.